The van der Waals surface area contributed by atoms with Crippen LogP contribution >= 0.6 is 15.9 Å². The van der Waals surface area contributed by atoms with Crippen LogP contribution in [0.15, 0.2) is 34.3 Å². The molecule has 2 nitrogen and oxygen atoms in total. The average molecular weight is 297 g/mol. The molecule has 0 saturated heterocycles. The van der Waals surface area contributed by atoms with Gasteiger partial charge in [-0.25, -0.2) is 0 Å². The van der Waals surface area contributed by atoms with Crippen LogP contribution in [0.1, 0.15) is 25.7 Å². The van der Waals surface area contributed by atoms with Gasteiger partial charge in [-0.05, 0) is 60.0 Å². The van der Waals surface area contributed by atoms with E-state index in [0.29, 0.717) is 6.61 Å². The third-order valence-corrected chi connectivity index (χ3v) is 3.94. The lowest BCUT2D eigenvalue weighted by molar-refractivity contribution is 0.341. The molecule has 0 aromatic heterocycles. The second-order valence-corrected chi connectivity index (χ2v) is 5.14. The average Bonchev–Trinajstić information content (AvgIpc) is 2.38. The molecule has 2 rings (SSSR count). The highest BCUT2D eigenvalue weighted by Gasteiger charge is 2.10. The van der Waals surface area contributed by atoms with Crippen molar-refractivity contribution >= 4 is 15.9 Å². The Hall–Kier alpha value is -0.960. The fraction of sp³-hybridized carbons (Fsp3) is 0.429. The summed E-state index contributed by atoms with van der Waals surface area (Å²) in [5.74, 6) is 1.75. The van der Waals surface area contributed by atoms with Crippen molar-refractivity contribution in [2.75, 3.05) is 13.7 Å². The molecule has 0 spiro atoms. The van der Waals surface area contributed by atoms with Gasteiger partial charge in [0, 0.05) is 0 Å². The third kappa shape index (κ3) is 3.50. The summed E-state index contributed by atoms with van der Waals surface area (Å²) in [6, 6.07) is 7.71. The molecule has 0 amide bonds. The number of benzene rings is 1. The molecule has 0 heterocycles. The molecule has 0 unspecified atom stereocenters. The standard InChI is InChI=1S/C14H17BrO2/c1-16-12-6-8-13(9-7-12)17-10-11-4-2-3-5-14(11)15/h6-9H,2-5,10H2,1H3. The van der Waals surface area contributed by atoms with Gasteiger partial charge in [0.25, 0.3) is 0 Å². The summed E-state index contributed by atoms with van der Waals surface area (Å²) in [4.78, 5) is 0. The van der Waals surface area contributed by atoms with Gasteiger partial charge in [0.05, 0.1) is 7.11 Å². The number of rotatable bonds is 4. The zero-order valence-electron chi connectivity index (χ0n) is 10.0. The molecule has 92 valence electrons. The highest BCUT2D eigenvalue weighted by molar-refractivity contribution is 9.11. The van der Waals surface area contributed by atoms with E-state index in [1.807, 2.05) is 24.3 Å². The molecule has 3 heteroatoms. The van der Waals surface area contributed by atoms with Crippen molar-refractivity contribution in [1.29, 1.82) is 0 Å². The molecule has 0 bridgehead atoms. The quantitative estimate of drug-likeness (QED) is 0.825. The molecule has 1 aromatic rings. The third-order valence-electron chi connectivity index (χ3n) is 2.98. The highest BCUT2D eigenvalue weighted by atomic mass is 79.9. The molecule has 1 aliphatic rings. The summed E-state index contributed by atoms with van der Waals surface area (Å²) in [6.45, 7) is 0.687. The van der Waals surface area contributed by atoms with Crippen molar-refractivity contribution in [2.45, 2.75) is 25.7 Å². The topological polar surface area (TPSA) is 18.5 Å². The van der Waals surface area contributed by atoms with Crippen LogP contribution in [0.5, 0.6) is 11.5 Å². The first-order valence-corrected chi connectivity index (χ1v) is 6.72. The first-order chi connectivity index (χ1) is 8.29. The number of methoxy groups -OCH3 is 1. The van der Waals surface area contributed by atoms with E-state index in [2.05, 4.69) is 15.9 Å². The lowest BCUT2D eigenvalue weighted by atomic mass is 10.0. The Morgan fingerprint density at radius 2 is 1.71 bits per heavy atom. The Morgan fingerprint density at radius 1 is 1.06 bits per heavy atom. The zero-order valence-corrected chi connectivity index (χ0v) is 11.6. The van der Waals surface area contributed by atoms with Crippen molar-refractivity contribution in [3.05, 3.63) is 34.3 Å². The van der Waals surface area contributed by atoms with Crippen molar-refractivity contribution in [3.8, 4) is 11.5 Å². The highest BCUT2D eigenvalue weighted by Crippen LogP contribution is 2.29. The number of allylic oxidation sites excluding steroid dienone is 1. The minimum absolute atomic E-state index is 0.687. The van der Waals surface area contributed by atoms with Gasteiger partial charge in [0.1, 0.15) is 18.1 Å². The van der Waals surface area contributed by atoms with E-state index < -0.39 is 0 Å². The molecule has 0 fully saturated rings. The van der Waals surface area contributed by atoms with Gasteiger partial charge in [-0.3, -0.25) is 0 Å². The summed E-state index contributed by atoms with van der Waals surface area (Å²) in [7, 11) is 1.67. The summed E-state index contributed by atoms with van der Waals surface area (Å²) >= 11 is 3.63. The van der Waals surface area contributed by atoms with Crippen LogP contribution in [0.2, 0.25) is 0 Å². The fourth-order valence-corrected chi connectivity index (χ4v) is 2.52. The molecular weight excluding hydrogens is 280 g/mol. The number of halogens is 1. The van der Waals surface area contributed by atoms with E-state index in [1.165, 1.54) is 22.9 Å². The SMILES string of the molecule is COc1ccc(OCC2=C(Br)CCCC2)cc1. The monoisotopic (exact) mass is 296 g/mol. The van der Waals surface area contributed by atoms with Crippen LogP contribution in [0.25, 0.3) is 0 Å². The van der Waals surface area contributed by atoms with Crippen LogP contribution in [0.4, 0.5) is 0 Å². The smallest absolute Gasteiger partial charge is 0.120 e. The van der Waals surface area contributed by atoms with Crippen molar-refractivity contribution in [1.82, 2.24) is 0 Å². The van der Waals surface area contributed by atoms with E-state index in [-0.39, 0.29) is 0 Å². The van der Waals surface area contributed by atoms with E-state index >= 15 is 0 Å². The van der Waals surface area contributed by atoms with Gasteiger partial charge in [-0.1, -0.05) is 15.9 Å². The zero-order chi connectivity index (χ0) is 12.1. The predicted molar refractivity (Wildman–Crippen MR) is 72.9 cm³/mol. The molecule has 0 radical (unpaired) electrons. The Balaban J connectivity index is 1.92. The number of hydrogen-bond donors (Lipinski definition) is 0. The largest absolute Gasteiger partial charge is 0.497 e. The maximum absolute atomic E-state index is 5.77. The Bertz CT molecular complexity index is 395. The minimum Gasteiger partial charge on any atom is -0.497 e. The van der Waals surface area contributed by atoms with Crippen LogP contribution in [-0.2, 0) is 0 Å². The van der Waals surface area contributed by atoms with Crippen molar-refractivity contribution < 1.29 is 9.47 Å². The van der Waals surface area contributed by atoms with E-state index in [1.54, 1.807) is 7.11 Å². The molecule has 0 aliphatic heterocycles. The second kappa shape index (κ2) is 6.10. The van der Waals surface area contributed by atoms with Gasteiger partial charge >= 0.3 is 0 Å². The van der Waals surface area contributed by atoms with Crippen LogP contribution in [-0.4, -0.2) is 13.7 Å². The van der Waals surface area contributed by atoms with Gasteiger partial charge < -0.3 is 9.47 Å². The van der Waals surface area contributed by atoms with Crippen LogP contribution < -0.4 is 9.47 Å². The molecule has 1 aromatic carbocycles. The minimum atomic E-state index is 0.687. The first kappa shape index (κ1) is 12.5. The molecule has 0 atom stereocenters. The maximum atomic E-state index is 5.77. The van der Waals surface area contributed by atoms with E-state index in [4.69, 9.17) is 9.47 Å². The summed E-state index contributed by atoms with van der Waals surface area (Å²) in [6.07, 6.45) is 4.86. The van der Waals surface area contributed by atoms with Gasteiger partial charge in [-0.15, -0.1) is 0 Å². The summed E-state index contributed by atoms with van der Waals surface area (Å²) in [5, 5.41) is 0. The van der Waals surface area contributed by atoms with E-state index in [0.717, 1.165) is 24.3 Å². The van der Waals surface area contributed by atoms with Crippen LogP contribution in [0, 0.1) is 0 Å². The molecular formula is C14H17BrO2. The van der Waals surface area contributed by atoms with Gasteiger partial charge in [-0.2, -0.15) is 0 Å². The van der Waals surface area contributed by atoms with Gasteiger partial charge in [0.2, 0.25) is 0 Å². The van der Waals surface area contributed by atoms with Crippen LogP contribution in [0.3, 0.4) is 0 Å². The number of hydrogen-bond acceptors (Lipinski definition) is 2. The lowest BCUT2D eigenvalue weighted by Crippen LogP contribution is -2.06. The molecule has 0 N–H and O–H groups in total. The lowest BCUT2D eigenvalue weighted by Gasteiger charge is -2.17. The Morgan fingerprint density at radius 3 is 2.35 bits per heavy atom. The first-order valence-electron chi connectivity index (χ1n) is 5.93. The Labute approximate surface area is 111 Å². The summed E-state index contributed by atoms with van der Waals surface area (Å²) in [5.41, 5.74) is 1.40. The number of ether oxygens (including phenoxy) is 2. The molecule has 1 aliphatic carbocycles. The second-order valence-electron chi connectivity index (χ2n) is 4.18. The normalized spacial score (nSPS) is 15.9. The van der Waals surface area contributed by atoms with Crippen molar-refractivity contribution in [3.63, 3.8) is 0 Å². The summed E-state index contributed by atoms with van der Waals surface area (Å²) < 4.78 is 12.2. The fourth-order valence-electron chi connectivity index (χ4n) is 1.92. The molecule has 0 saturated carbocycles. The van der Waals surface area contributed by atoms with Gasteiger partial charge in [0.15, 0.2) is 0 Å². The predicted octanol–water partition coefficient (Wildman–Crippen LogP) is 4.30. The Kier molecular flexibility index (Phi) is 4.49. The van der Waals surface area contributed by atoms with Crippen molar-refractivity contribution in [2.24, 2.45) is 0 Å². The maximum Gasteiger partial charge on any atom is 0.120 e. The van der Waals surface area contributed by atoms with E-state index in [9.17, 15) is 0 Å². The molecule has 17 heavy (non-hydrogen) atoms.